The number of amides is 7. The zero-order valence-corrected chi connectivity index (χ0v) is 32.8. The summed E-state index contributed by atoms with van der Waals surface area (Å²) < 4.78 is 0. The van der Waals surface area contributed by atoms with Crippen molar-refractivity contribution in [1.29, 1.82) is 0 Å². The Hall–Kier alpha value is -3.51. The van der Waals surface area contributed by atoms with Gasteiger partial charge in [0.1, 0.15) is 12.1 Å². The van der Waals surface area contributed by atoms with E-state index in [0.29, 0.717) is 45.2 Å². The number of nitrogens with zero attached hydrogens (tertiary/aromatic N) is 2. The molecule has 4 aliphatic rings. The third-order valence-corrected chi connectivity index (χ3v) is 11.8. The number of carbonyl (C=O) groups excluding carboxylic acids is 7. The number of carbonyl (C=O) groups is 7. The lowest BCUT2D eigenvalue weighted by molar-refractivity contribution is -0.153. The second-order valence-electron chi connectivity index (χ2n) is 18.1. The second kappa shape index (κ2) is 16.7. The SMILES string of the molecule is CCCNC(=O)C(=O)[C@@H]1CCCCCCCCC[C@H](NC(=O)N[C@H](CN2C(=O)CC(C)(C)CC2=O)C(C)(C)C)C(=O)N2C[C@H]3[C@@H]([C@H]2C(=O)N1)C3(C)C. The third-order valence-electron chi connectivity index (χ3n) is 11.8. The molecule has 4 rings (SSSR count). The van der Waals surface area contributed by atoms with Gasteiger partial charge in [-0.1, -0.05) is 100 Å². The molecule has 7 amide bonds. The van der Waals surface area contributed by atoms with Crippen molar-refractivity contribution in [3.05, 3.63) is 0 Å². The predicted molar refractivity (Wildman–Crippen MR) is 196 cm³/mol. The first-order valence-corrected chi connectivity index (χ1v) is 19.6. The summed E-state index contributed by atoms with van der Waals surface area (Å²) in [6, 6.07) is -3.93. The number of hydrogen-bond donors (Lipinski definition) is 4. The lowest BCUT2D eigenvalue weighted by atomic mass is 9.80. The fourth-order valence-electron chi connectivity index (χ4n) is 8.35. The Kier molecular flexibility index (Phi) is 13.2. The summed E-state index contributed by atoms with van der Waals surface area (Å²) in [6.45, 7) is 16.3. The Balaban J connectivity index is 1.55. The number of ketones is 1. The number of urea groups is 1. The average molecular weight is 729 g/mol. The lowest BCUT2D eigenvalue weighted by Crippen LogP contribution is -2.61. The van der Waals surface area contributed by atoms with E-state index in [0.717, 1.165) is 32.1 Å². The summed E-state index contributed by atoms with van der Waals surface area (Å²) in [5.41, 5.74) is -1.13. The van der Waals surface area contributed by atoms with Crippen LogP contribution in [0.2, 0.25) is 0 Å². The van der Waals surface area contributed by atoms with E-state index in [1.807, 2.05) is 41.5 Å². The van der Waals surface area contributed by atoms with E-state index in [1.54, 1.807) is 4.90 Å². The number of likely N-dealkylation sites (tertiary alicyclic amines) is 1. The Morgan fingerprint density at radius 2 is 1.46 bits per heavy atom. The topological polar surface area (TPSA) is 174 Å². The maximum absolute atomic E-state index is 14.4. The number of imide groups is 1. The Morgan fingerprint density at radius 3 is 2.04 bits per heavy atom. The molecular weight excluding hydrogens is 664 g/mol. The molecule has 0 aromatic heterocycles. The van der Waals surface area contributed by atoms with Gasteiger partial charge in [0.2, 0.25) is 29.4 Å². The maximum Gasteiger partial charge on any atom is 0.315 e. The van der Waals surface area contributed by atoms with Crippen LogP contribution in [-0.4, -0.2) is 95.0 Å². The van der Waals surface area contributed by atoms with Crippen LogP contribution in [0.5, 0.6) is 0 Å². The van der Waals surface area contributed by atoms with E-state index in [9.17, 15) is 33.6 Å². The van der Waals surface area contributed by atoms with Gasteiger partial charge in [0, 0.05) is 32.5 Å². The number of nitrogens with one attached hydrogen (secondary N) is 4. The molecule has 6 atom stereocenters. The predicted octanol–water partition coefficient (Wildman–Crippen LogP) is 3.83. The molecule has 0 radical (unpaired) electrons. The van der Waals surface area contributed by atoms with Crippen molar-refractivity contribution >= 4 is 41.4 Å². The van der Waals surface area contributed by atoms with Gasteiger partial charge < -0.3 is 26.2 Å². The molecule has 0 aromatic carbocycles. The van der Waals surface area contributed by atoms with Gasteiger partial charge in [-0.2, -0.15) is 0 Å². The molecule has 3 aliphatic heterocycles. The zero-order valence-electron chi connectivity index (χ0n) is 32.8. The summed E-state index contributed by atoms with van der Waals surface area (Å²) in [7, 11) is 0. The highest BCUT2D eigenvalue weighted by atomic mass is 16.2. The number of Topliss-reactive ketones (excluding diaryl/α,β-unsaturated/α-hetero) is 1. The van der Waals surface area contributed by atoms with Crippen molar-refractivity contribution in [2.24, 2.45) is 28.1 Å². The summed E-state index contributed by atoms with van der Waals surface area (Å²) in [6.07, 6.45) is 7.89. The molecule has 4 N–H and O–H groups in total. The summed E-state index contributed by atoms with van der Waals surface area (Å²) in [5.74, 6) is -2.77. The summed E-state index contributed by atoms with van der Waals surface area (Å²) in [4.78, 5) is 97.1. The Bertz CT molecular complexity index is 1370. The summed E-state index contributed by atoms with van der Waals surface area (Å²) in [5, 5.41) is 11.4. The van der Waals surface area contributed by atoms with E-state index in [4.69, 9.17) is 0 Å². The fraction of sp³-hybridized carbons (Fsp3) is 0.821. The lowest BCUT2D eigenvalue weighted by Gasteiger charge is -2.40. The molecule has 0 bridgehead atoms. The van der Waals surface area contributed by atoms with E-state index < -0.39 is 58.6 Å². The van der Waals surface area contributed by atoms with E-state index in [1.165, 1.54) is 4.90 Å². The minimum absolute atomic E-state index is 0.0203. The highest BCUT2D eigenvalue weighted by Gasteiger charge is 2.69. The normalized spacial score (nSPS) is 29.0. The van der Waals surface area contributed by atoms with Gasteiger partial charge in [0.15, 0.2) is 0 Å². The van der Waals surface area contributed by atoms with Crippen molar-refractivity contribution in [1.82, 2.24) is 31.1 Å². The largest absolute Gasteiger partial charge is 0.349 e. The smallest absolute Gasteiger partial charge is 0.315 e. The van der Waals surface area contributed by atoms with E-state index in [2.05, 4.69) is 35.1 Å². The van der Waals surface area contributed by atoms with Crippen LogP contribution in [0.15, 0.2) is 0 Å². The molecule has 52 heavy (non-hydrogen) atoms. The minimum atomic E-state index is -0.992. The first kappa shape index (κ1) is 41.2. The monoisotopic (exact) mass is 728 g/mol. The van der Waals surface area contributed by atoms with Gasteiger partial charge in [-0.15, -0.1) is 0 Å². The molecule has 1 saturated carbocycles. The first-order chi connectivity index (χ1) is 24.3. The highest BCUT2D eigenvalue weighted by Crippen LogP contribution is 2.65. The van der Waals surface area contributed by atoms with Gasteiger partial charge in [-0.05, 0) is 47.3 Å². The quantitative estimate of drug-likeness (QED) is 0.217. The third kappa shape index (κ3) is 9.92. The summed E-state index contributed by atoms with van der Waals surface area (Å²) >= 11 is 0. The average Bonchev–Trinajstić information content (AvgIpc) is 3.35. The van der Waals surface area contributed by atoms with Gasteiger partial charge in [-0.25, -0.2) is 4.79 Å². The zero-order chi connectivity index (χ0) is 38.6. The number of hydrogen-bond acceptors (Lipinski definition) is 7. The van der Waals surface area contributed by atoms with E-state index in [-0.39, 0.29) is 54.4 Å². The molecule has 13 heteroatoms. The van der Waals surface area contributed by atoms with Crippen LogP contribution < -0.4 is 21.3 Å². The van der Waals surface area contributed by atoms with Crippen LogP contribution in [-0.2, 0) is 28.8 Å². The molecule has 0 aromatic rings. The van der Waals surface area contributed by atoms with Crippen molar-refractivity contribution in [3.63, 3.8) is 0 Å². The first-order valence-electron chi connectivity index (χ1n) is 19.6. The fourth-order valence-corrected chi connectivity index (χ4v) is 8.35. The van der Waals surface area contributed by atoms with Crippen LogP contribution in [0, 0.1) is 28.1 Å². The van der Waals surface area contributed by atoms with Crippen LogP contribution >= 0.6 is 0 Å². The van der Waals surface area contributed by atoms with Gasteiger partial charge >= 0.3 is 6.03 Å². The number of fused-ring (bicyclic) bond motifs is 3. The molecule has 1 aliphatic carbocycles. The molecule has 13 nitrogen and oxygen atoms in total. The number of piperidine rings is 2. The van der Waals surface area contributed by atoms with Gasteiger partial charge in [0.25, 0.3) is 5.91 Å². The Labute approximate surface area is 309 Å². The van der Waals surface area contributed by atoms with E-state index >= 15 is 0 Å². The highest BCUT2D eigenvalue weighted by molar-refractivity contribution is 6.38. The van der Waals surface area contributed by atoms with Crippen LogP contribution in [0.1, 0.15) is 132 Å². The molecule has 3 heterocycles. The Morgan fingerprint density at radius 1 is 0.885 bits per heavy atom. The van der Waals surface area contributed by atoms with Crippen LogP contribution in [0.4, 0.5) is 4.79 Å². The molecule has 0 spiro atoms. The van der Waals surface area contributed by atoms with Crippen LogP contribution in [0.25, 0.3) is 0 Å². The molecular formula is C39H64N6O7. The van der Waals surface area contributed by atoms with Crippen molar-refractivity contribution < 1.29 is 33.6 Å². The molecule has 3 saturated heterocycles. The minimum Gasteiger partial charge on any atom is -0.349 e. The maximum atomic E-state index is 14.4. The number of rotatable bonds is 8. The van der Waals surface area contributed by atoms with Crippen molar-refractivity contribution in [3.8, 4) is 0 Å². The molecule has 0 unspecified atom stereocenters. The van der Waals surface area contributed by atoms with Crippen molar-refractivity contribution in [2.45, 2.75) is 157 Å². The van der Waals surface area contributed by atoms with Crippen molar-refractivity contribution in [2.75, 3.05) is 19.6 Å². The van der Waals surface area contributed by atoms with Gasteiger partial charge in [0.05, 0.1) is 12.1 Å². The van der Waals surface area contributed by atoms with Crippen LogP contribution in [0.3, 0.4) is 0 Å². The molecule has 292 valence electrons. The van der Waals surface area contributed by atoms with Gasteiger partial charge in [-0.3, -0.25) is 33.7 Å². The second-order valence-corrected chi connectivity index (χ2v) is 18.1. The standard InChI is InChI=1S/C39H64N6O7/c1-9-19-40-34(50)32(48)25-17-15-13-11-10-12-14-16-18-26(35(51)45-22-24-30(39(24,7)8)31(45)33(49)41-25)42-36(52)43-27(37(2,3)4)23-44-28(46)20-38(5,6)21-29(44)47/h24-27,30-31H,9-23H2,1-8H3,(H,40,50)(H,41,49)(H2,42,43,52)/t24-,25-,26-,27+,30-,31-/m0/s1. The molecule has 4 fully saturated rings.